The highest BCUT2D eigenvalue weighted by molar-refractivity contribution is 7.98. The van der Waals surface area contributed by atoms with Gasteiger partial charge in [0.1, 0.15) is 0 Å². The number of benzene rings is 1. The third kappa shape index (κ3) is 4.77. The fourth-order valence-electron chi connectivity index (χ4n) is 1.49. The smallest absolute Gasteiger partial charge is 0.411 e. The Morgan fingerprint density at radius 3 is 2.70 bits per heavy atom. The van der Waals surface area contributed by atoms with Crippen LogP contribution in [-0.2, 0) is 9.47 Å². The molecule has 6 heteroatoms. The van der Waals surface area contributed by atoms with Crippen LogP contribution in [0.15, 0.2) is 23.1 Å². The molecular weight excluding hydrogens is 278 g/mol. The Bertz CT molecular complexity index is 476. The molecule has 0 bridgehead atoms. The molecule has 0 fully saturated rings. The lowest BCUT2D eigenvalue weighted by Gasteiger charge is -2.11. The summed E-state index contributed by atoms with van der Waals surface area (Å²) in [5, 5.41) is 2.56. The van der Waals surface area contributed by atoms with Gasteiger partial charge in [0.05, 0.1) is 25.0 Å². The van der Waals surface area contributed by atoms with E-state index in [1.165, 1.54) is 18.9 Å². The van der Waals surface area contributed by atoms with Crippen LogP contribution in [0.5, 0.6) is 0 Å². The maximum atomic E-state index is 11.7. The van der Waals surface area contributed by atoms with Crippen molar-refractivity contribution >= 4 is 29.5 Å². The molecule has 0 aliphatic heterocycles. The van der Waals surface area contributed by atoms with Crippen LogP contribution in [0.1, 0.15) is 30.1 Å². The van der Waals surface area contributed by atoms with Crippen molar-refractivity contribution in [1.82, 2.24) is 0 Å². The molecule has 1 aromatic rings. The number of hydrogen-bond donors (Lipinski definition) is 1. The zero-order valence-electron chi connectivity index (χ0n) is 11.9. The van der Waals surface area contributed by atoms with E-state index >= 15 is 0 Å². The molecule has 0 aromatic heterocycles. The molecule has 0 spiro atoms. The summed E-state index contributed by atoms with van der Waals surface area (Å²) in [6.45, 7) is 2.37. The summed E-state index contributed by atoms with van der Waals surface area (Å²) in [7, 11) is 1.30. The molecule has 0 saturated carbocycles. The molecule has 20 heavy (non-hydrogen) atoms. The topological polar surface area (TPSA) is 64.6 Å². The molecule has 5 nitrogen and oxygen atoms in total. The van der Waals surface area contributed by atoms with Gasteiger partial charge in [-0.1, -0.05) is 13.3 Å². The number of nitrogens with one attached hydrogen (secondary N) is 1. The molecule has 110 valence electrons. The molecular formula is C14H19NO4S. The summed E-state index contributed by atoms with van der Waals surface area (Å²) in [6.07, 6.45) is 3.09. The summed E-state index contributed by atoms with van der Waals surface area (Å²) in [5.41, 5.74) is 0.697. The van der Waals surface area contributed by atoms with Gasteiger partial charge in [0, 0.05) is 4.90 Å². The van der Waals surface area contributed by atoms with E-state index in [1.54, 1.807) is 12.1 Å². The van der Waals surface area contributed by atoms with Crippen molar-refractivity contribution < 1.29 is 19.1 Å². The molecule has 0 radical (unpaired) electrons. The first kappa shape index (κ1) is 16.4. The second-order valence-electron chi connectivity index (χ2n) is 4.02. The molecule has 1 rings (SSSR count). The summed E-state index contributed by atoms with van der Waals surface area (Å²) in [4.78, 5) is 24.2. The number of esters is 1. The highest BCUT2D eigenvalue weighted by atomic mass is 32.2. The number of rotatable bonds is 6. The minimum atomic E-state index is -0.569. The molecule has 0 aliphatic rings. The highest BCUT2D eigenvalue weighted by Crippen LogP contribution is 2.24. The van der Waals surface area contributed by atoms with E-state index in [4.69, 9.17) is 9.47 Å². The lowest BCUT2D eigenvalue weighted by molar-refractivity contribution is 0.0601. The van der Waals surface area contributed by atoms with Crippen molar-refractivity contribution in [2.24, 2.45) is 0 Å². The number of carbonyl (C=O) groups excluding carboxylic acids is 2. The summed E-state index contributed by atoms with van der Waals surface area (Å²) >= 11 is 1.50. The SMILES string of the molecule is CCCCOC(=O)Nc1ccc(SC)cc1C(=O)OC. The van der Waals surface area contributed by atoms with Crippen LogP contribution in [0.2, 0.25) is 0 Å². The van der Waals surface area contributed by atoms with Crippen molar-refractivity contribution in [3.63, 3.8) is 0 Å². The Hall–Kier alpha value is -1.69. The predicted octanol–water partition coefficient (Wildman–Crippen LogP) is 3.54. The van der Waals surface area contributed by atoms with E-state index in [0.717, 1.165) is 17.7 Å². The Morgan fingerprint density at radius 1 is 1.35 bits per heavy atom. The molecule has 1 amide bonds. The minimum Gasteiger partial charge on any atom is -0.465 e. The van der Waals surface area contributed by atoms with Crippen molar-refractivity contribution in [3.8, 4) is 0 Å². The van der Waals surface area contributed by atoms with Crippen LogP contribution in [-0.4, -0.2) is 32.0 Å². The van der Waals surface area contributed by atoms with Crippen molar-refractivity contribution in [2.45, 2.75) is 24.7 Å². The van der Waals surface area contributed by atoms with Gasteiger partial charge >= 0.3 is 12.1 Å². The van der Waals surface area contributed by atoms with Crippen LogP contribution < -0.4 is 5.32 Å². The number of anilines is 1. The van der Waals surface area contributed by atoms with Gasteiger partial charge in [-0.25, -0.2) is 9.59 Å². The maximum Gasteiger partial charge on any atom is 0.411 e. The minimum absolute atomic E-state index is 0.312. The standard InChI is InChI=1S/C14H19NO4S/c1-4-5-8-19-14(17)15-12-7-6-10(20-3)9-11(12)13(16)18-2/h6-7,9H,4-5,8H2,1-3H3,(H,15,17). The molecule has 0 atom stereocenters. The Labute approximate surface area is 123 Å². The third-order valence-corrected chi connectivity index (χ3v) is 3.33. The molecule has 0 unspecified atom stereocenters. The van der Waals surface area contributed by atoms with E-state index in [2.05, 4.69) is 5.32 Å². The number of amides is 1. The third-order valence-electron chi connectivity index (χ3n) is 2.60. The lowest BCUT2D eigenvalue weighted by Crippen LogP contribution is -2.17. The monoisotopic (exact) mass is 297 g/mol. The van der Waals surface area contributed by atoms with E-state index in [-0.39, 0.29) is 0 Å². The van der Waals surface area contributed by atoms with Crippen LogP contribution in [0.3, 0.4) is 0 Å². The van der Waals surface area contributed by atoms with Crippen LogP contribution in [0.25, 0.3) is 0 Å². The molecule has 0 aliphatic carbocycles. The highest BCUT2D eigenvalue weighted by Gasteiger charge is 2.15. The van der Waals surface area contributed by atoms with Crippen molar-refractivity contribution in [2.75, 3.05) is 25.3 Å². The Morgan fingerprint density at radius 2 is 2.10 bits per heavy atom. The number of methoxy groups -OCH3 is 1. The molecule has 1 N–H and O–H groups in total. The molecule has 1 aromatic carbocycles. The van der Waals surface area contributed by atoms with Gasteiger partial charge in [0.15, 0.2) is 0 Å². The van der Waals surface area contributed by atoms with Gasteiger partial charge in [-0.15, -0.1) is 11.8 Å². The van der Waals surface area contributed by atoms with Crippen LogP contribution in [0.4, 0.5) is 10.5 Å². The summed E-state index contributed by atoms with van der Waals surface area (Å²) in [5.74, 6) is -0.496. The van der Waals surface area contributed by atoms with Gasteiger partial charge in [0.25, 0.3) is 0 Å². The fourth-order valence-corrected chi connectivity index (χ4v) is 1.93. The van der Waals surface area contributed by atoms with Gasteiger partial charge in [0.2, 0.25) is 0 Å². The number of hydrogen-bond acceptors (Lipinski definition) is 5. The second-order valence-corrected chi connectivity index (χ2v) is 4.90. The Kier molecular flexibility index (Phi) is 6.93. The quantitative estimate of drug-likeness (QED) is 0.494. The number of unbranched alkanes of at least 4 members (excludes halogenated alkanes) is 1. The number of ether oxygens (including phenoxy) is 2. The average Bonchev–Trinajstić information content (AvgIpc) is 2.47. The number of thioether (sulfide) groups is 1. The molecule has 0 heterocycles. The zero-order chi connectivity index (χ0) is 15.0. The van der Waals surface area contributed by atoms with Gasteiger partial charge < -0.3 is 9.47 Å². The largest absolute Gasteiger partial charge is 0.465 e. The first-order chi connectivity index (χ1) is 9.62. The normalized spacial score (nSPS) is 9.95. The predicted molar refractivity (Wildman–Crippen MR) is 79.4 cm³/mol. The van der Waals surface area contributed by atoms with E-state index < -0.39 is 12.1 Å². The summed E-state index contributed by atoms with van der Waals surface area (Å²) < 4.78 is 9.72. The van der Waals surface area contributed by atoms with E-state index in [1.807, 2.05) is 19.2 Å². The van der Waals surface area contributed by atoms with E-state index in [0.29, 0.717) is 17.9 Å². The Balaban J connectivity index is 2.82. The van der Waals surface area contributed by atoms with Gasteiger partial charge in [-0.2, -0.15) is 0 Å². The van der Waals surface area contributed by atoms with Crippen molar-refractivity contribution in [3.05, 3.63) is 23.8 Å². The van der Waals surface area contributed by atoms with E-state index in [9.17, 15) is 9.59 Å². The van der Waals surface area contributed by atoms with Crippen molar-refractivity contribution in [1.29, 1.82) is 0 Å². The van der Waals surface area contributed by atoms with Gasteiger partial charge in [-0.3, -0.25) is 5.32 Å². The fraction of sp³-hybridized carbons (Fsp3) is 0.429. The number of carbonyl (C=O) groups is 2. The van der Waals surface area contributed by atoms with Gasteiger partial charge in [-0.05, 0) is 30.9 Å². The maximum absolute atomic E-state index is 11.7. The second kappa shape index (κ2) is 8.47. The van der Waals surface area contributed by atoms with Crippen LogP contribution in [0, 0.1) is 0 Å². The lowest BCUT2D eigenvalue weighted by atomic mass is 10.2. The first-order valence-corrected chi connectivity index (χ1v) is 7.55. The van der Waals surface area contributed by atoms with Crippen LogP contribution >= 0.6 is 11.8 Å². The average molecular weight is 297 g/mol. The first-order valence-electron chi connectivity index (χ1n) is 6.32. The summed E-state index contributed by atoms with van der Waals surface area (Å²) in [6, 6.07) is 5.16. The zero-order valence-corrected chi connectivity index (χ0v) is 12.7. The molecule has 0 saturated heterocycles.